The summed E-state index contributed by atoms with van der Waals surface area (Å²) < 4.78 is 0. The molecule has 0 aliphatic carbocycles. The minimum absolute atomic E-state index is 0.169. The third kappa shape index (κ3) is 2.44. The molecule has 24 heavy (non-hydrogen) atoms. The fourth-order valence-electron chi connectivity index (χ4n) is 4.32. The zero-order chi connectivity index (χ0) is 16.8. The molecule has 2 fully saturated rings. The zero-order valence-corrected chi connectivity index (χ0v) is 14.9. The predicted octanol–water partition coefficient (Wildman–Crippen LogP) is 3.48. The lowest BCUT2D eigenvalue weighted by Crippen LogP contribution is -2.63. The molecular weight excluding hydrogens is 298 g/mol. The number of hydrogen-bond acceptors (Lipinski definition) is 2. The summed E-state index contributed by atoms with van der Waals surface area (Å²) in [5.41, 5.74) is 4.19. The normalized spacial score (nSPS) is 22.8. The van der Waals surface area contributed by atoms with Gasteiger partial charge in [0.25, 0.3) is 5.91 Å². The molecule has 3 heterocycles. The third-order valence-electron chi connectivity index (χ3n) is 6.05. The first kappa shape index (κ1) is 15.7. The molecule has 2 saturated heterocycles. The van der Waals surface area contributed by atoms with Gasteiger partial charge in [0.2, 0.25) is 0 Å². The lowest BCUT2D eigenvalue weighted by molar-refractivity contribution is 0.00222. The number of hydrogen-bond donors (Lipinski definition) is 1. The van der Waals surface area contributed by atoms with Gasteiger partial charge in [0.1, 0.15) is 0 Å². The van der Waals surface area contributed by atoms with Crippen LogP contribution in [0.15, 0.2) is 18.2 Å². The molecule has 1 aromatic heterocycles. The number of fused-ring (bicyclic) bond motifs is 1. The maximum atomic E-state index is 13.0. The smallest absolute Gasteiger partial charge is 0.256 e. The fraction of sp³-hybridized carbons (Fsp3) is 0.550. The van der Waals surface area contributed by atoms with Crippen molar-refractivity contribution in [1.82, 2.24) is 14.8 Å². The van der Waals surface area contributed by atoms with Crippen LogP contribution in [0.2, 0.25) is 0 Å². The number of aryl methyl sites for hydroxylation is 2. The van der Waals surface area contributed by atoms with Crippen molar-refractivity contribution in [3.8, 4) is 0 Å². The molecule has 4 rings (SSSR count). The maximum Gasteiger partial charge on any atom is 0.256 e. The van der Waals surface area contributed by atoms with Crippen LogP contribution in [0.1, 0.15) is 47.8 Å². The van der Waals surface area contributed by atoms with Crippen molar-refractivity contribution in [3.05, 3.63) is 35.0 Å². The fourth-order valence-corrected chi connectivity index (χ4v) is 4.32. The molecule has 1 N–H and O–H groups in total. The first-order chi connectivity index (χ1) is 11.6. The topological polar surface area (TPSA) is 39.3 Å². The number of nitrogens with one attached hydrogen (secondary N) is 1. The highest BCUT2D eigenvalue weighted by Crippen LogP contribution is 2.28. The highest BCUT2D eigenvalue weighted by Gasteiger charge is 2.38. The van der Waals surface area contributed by atoms with E-state index in [1.165, 1.54) is 36.8 Å². The van der Waals surface area contributed by atoms with E-state index in [9.17, 15) is 4.79 Å². The number of likely N-dealkylation sites (tertiary alicyclic amines) is 2. The Balaban J connectivity index is 1.51. The summed E-state index contributed by atoms with van der Waals surface area (Å²) in [6.45, 7) is 9.45. The zero-order valence-electron chi connectivity index (χ0n) is 14.9. The van der Waals surface area contributed by atoms with Gasteiger partial charge in [0.15, 0.2) is 0 Å². The van der Waals surface area contributed by atoms with Crippen LogP contribution in [0, 0.1) is 13.8 Å². The number of benzene rings is 1. The summed E-state index contributed by atoms with van der Waals surface area (Å²) in [5.74, 6) is 0.169. The predicted molar refractivity (Wildman–Crippen MR) is 97.5 cm³/mol. The number of aromatic amines is 1. The van der Waals surface area contributed by atoms with Gasteiger partial charge in [0.05, 0.1) is 11.1 Å². The average molecular weight is 325 g/mol. The Labute approximate surface area is 143 Å². The van der Waals surface area contributed by atoms with Crippen LogP contribution in [-0.4, -0.2) is 52.4 Å². The highest BCUT2D eigenvalue weighted by atomic mass is 16.2. The van der Waals surface area contributed by atoms with Gasteiger partial charge in [-0.25, -0.2) is 0 Å². The second kappa shape index (κ2) is 5.92. The van der Waals surface area contributed by atoms with Crippen molar-refractivity contribution in [1.29, 1.82) is 0 Å². The molecule has 1 amide bonds. The summed E-state index contributed by atoms with van der Waals surface area (Å²) in [6, 6.07) is 7.27. The molecule has 2 aliphatic heterocycles. The number of para-hydroxylation sites is 1. The second-order valence-electron chi connectivity index (χ2n) is 7.55. The summed E-state index contributed by atoms with van der Waals surface area (Å²) in [6.07, 6.45) is 3.94. The summed E-state index contributed by atoms with van der Waals surface area (Å²) >= 11 is 0. The first-order valence-electron chi connectivity index (χ1n) is 9.19. The molecule has 0 spiro atoms. The lowest BCUT2D eigenvalue weighted by atomic mass is 9.96. The van der Waals surface area contributed by atoms with E-state index in [1.807, 2.05) is 17.0 Å². The molecule has 4 heteroatoms. The van der Waals surface area contributed by atoms with Gasteiger partial charge in [-0.3, -0.25) is 9.69 Å². The molecule has 1 aromatic carbocycles. The van der Waals surface area contributed by atoms with Crippen LogP contribution in [0.25, 0.3) is 10.9 Å². The molecule has 2 aromatic rings. The van der Waals surface area contributed by atoms with Gasteiger partial charge in [-0.15, -0.1) is 0 Å². The summed E-state index contributed by atoms with van der Waals surface area (Å²) in [5, 5.41) is 1.17. The highest BCUT2D eigenvalue weighted by molar-refractivity contribution is 6.07. The Hall–Kier alpha value is -1.81. The van der Waals surface area contributed by atoms with Crippen LogP contribution < -0.4 is 0 Å². The van der Waals surface area contributed by atoms with Crippen LogP contribution in [0.4, 0.5) is 0 Å². The van der Waals surface area contributed by atoms with E-state index in [2.05, 4.69) is 36.7 Å². The number of aromatic nitrogens is 1. The lowest BCUT2D eigenvalue weighted by Gasteiger charge is -2.49. The van der Waals surface area contributed by atoms with Crippen molar-refractivity contribution in [2.24, 2.45) is 0 Å². The van der Waals surface area contributed by atoms with Gasteiger partial charge in [-0.1, -0.05) is 18.6 Å². The number of carbonyl (C=O) groups excluding carboxylic acids is 1. The number of piperidine rings is 1. The van der Waals surface area contributed by atoms with E-state index in [-0.39, 0.29) is 5.91 Å². The van der Waals surface area contributed by atoms with E-state index in [0.717, 1.165) is 29.9 Å². The quantitative estimate of drug-likeness (QED) is 0.918. The van der Waals surface area contributed by atoms with E-state index in [4.69, 9.17) is 0 Å². The average Bonchev–Trinajstić information content (AvgIpc) is 2.82. The first-order valence-corrected chi connectivity index (χ1v) is 9.19. The van der Waals surface area contributed by atoms with Gasteiger partial charge in [-0.05, 0) is 51.8 Å². The van der Waals surface area contributed by atoms with Gasteiger partial charge in [0, 0.05) is 36.3 Å². The molecule has 0 saturated carbocycles. The summed E-state index contributed by atoms with van der Waals surface area (Å²) in [4.78, 5) is 21.0. The van der Waals surface area contributed by atoms with E-state index in [0.29, 0.717) is 12.1 Å². The molecule has 0 unspecified atom stereocenters. The Morgan fingerprint density at radius 3 is 2.75 bits per heavy atom. The second-order valence-corrected chi connectivity index (χ2v) is 7.55. The van der Waals surface area contributed by atoms with Crippen LogP contribution in [-0.2, 0) is 0 Å². The molecule has 0 radical (unpaired) electrons. The molecule has 2 aliphatic rings. The van der Waals surface area contributed by atoms with Gasteiger partial charge in [-0.2, -0.15) is 0 Å². The van der Waals surface area contributed by atoms with Crippen LogP contribution >= 0.6 is 0 Å². The van der Waals surface area contributed by atoms with Gasteiger partial charge < -0.3 is 9.88 Å². The van der Waals surface area contributed by atoms with Crippen molar-refractivity contribution >= 4 is 16.8 Å². The van der Waals surface area contributed by atoms with Crippen molar-refractivity contribution in [2.45, 2.75) is 52.1 Å². The number of amides is 1. The van der Waals surface area contributed by atoms with Crippen molar-refractivity contribution in [3.63, 3.8) is 0 Å². The third-order valence-corrected chi connectivity index (χ3v) is 6.05. The number of H-pyrrole nitrogens is 1. The SMILES string of the molecule is Cc1[nH]c2c(C(=O)N3CC(N4CCCC[C@@H]4C)C3)cccc2c1C. The summed E-state index contributed by atoms with van der Waals surface area (Å²) in [7, 11) is 0. The Morgan fingerprint density at radius 1 is 1.21 bits per heavy atom. The van der Waals surface area contributed by atoms with Gasteiger partial charge >= 0.3 is 0 Å². The Bertz CT molecular complexity index is 773. The van der Waals surface area contributed by atoms with Crippen molar-refractivity contribution in [2.75, 3.05) is 19.6 Å². The van der Waals surface area contributed by atoms with Crippen LogP contribution in [0.3, 0.4) is 0 Å². The largest absolute Gasteiger partial charge is 0.358 e. The molecule has 0 bridgehead atoms. The maximum absolute atomic E-state index is 13.0. The molecule has 1 atom stereocenters. The monoisotopic (exact) mass is 325 g/mol. The van der Waals surface area contributed by atoms with Crippen molar-refractivity contribution < 1.29 is 4.79 Å². The van der Waals surface area contributed by atoms with E-state index < -0.39 is 0 Å². The number of nitrogens with zero attached hydrogens (tertiary/aromatic N) is 2. The minimum Gasteiger partial charge on any atom is -0.358 e. The standard InChI is InChI=1S/C20H27N3O/c1-13-7-4-5-10-23(13)16-11-22(12-16)20(24)18-9-6-8-17-14(2)15(3)21-19(17)18/h6,8-9,13,16,21H,4-5,7,10-12H2,1-3H3/t13-/m0/s1. The Morgan fingerprint density at radius 2 is 2.00 bits per heavy atom. The van der Waals surface area contributed by atoms with Crippen LogP contribution in [0.5, 0.6) is 0 Å². The van der Waals surface area contributed by atoms with E-state index >= 15 is 0 Å². The molecule has 4 nitrogen and oxygen atoms in total. The Kier molecular flexibility index (Phi) is 3.87. The minimum atomic E-state index is 0.169. The number of carbonyl (C=O) groups is 1. The molecular formula is C20H27N3O. The molecule has 128 valence electrons. The number of rotatable bonds is 2. The van der Waals surface area contributed by atoms with E-state index in [1.54, 1.807) is 0 Å².